The number of carbonyl (C=O) groups is 2. The molecule has 0 atom stereocenters. The summed E-state index contributed by atoms with van der Waals surface area (Å²) in [7, 11) is 0. The van der Waals surface area contributed by atoms with E-state index in [9.17, 15) is 14.0 Å². The summed E-state index contributed by atoms with van der Waals surface area (Å²) in [6.07, 6.45) is 0. The van der Waals surface area contributed by atoms with Gasteiger partial charge in [-0.05, 0) is 61.4 Å². The van der Waals surface area contributed by atoms with E-state index in [1.165, 1.54) is 24.3 Å². The van der Waals surface area contributed by atoms with Crippen molar-refractivity contribution in [3.05, 3.63) is 64.5 Å². The molecule has 22 heavy (non-hydrogen) atoms. The molecule has 0 spiro atoms. The van der Waals surface area contributed by atoms with Gasteiger partial charge in [0.2, 0.25) is 0 Å². The van der Waals surface area contributed by atoms with Crippen LogP contribution in [0, 0.1) is 19.7 Å². The zero-order valence-corrected chi connectivity index (χ0v) is 12.2. The number of benzene rings is 2. The quantitative estimate of drug-likeness (QED) is 0.862. The van der Waals surface area contributed by atoms with E-state index in [0.29, 0.717) is 28.0 Å². The number of rotatable bonds is 5. The highest BCUT2D eigenvalue weighted by atomic mass is 19.1. The lowest BCUT2D eigenvalue weighted by atomic mass is 9.95. The minimum absolute atomic E-state index is 0.217. The molecule has 1 N–H and O–H groups in total. The summed E-state index contributed by atoms with van der Waals surface area (Å²) < 4.78 is 18.1. The van der Waals surface area contributed by atoms with Gasteiger partial charge in [0, 0.05) is 11.1 Å². The Hall–Kier alpha value is -2.69. The predicted molar refractivity (Wildman–Crippen MR) is 78.9 cm³/mol. The molecule has 114 valence electrons. The molecular weight excluding hydrogens is 287 g/mol. The third-order valence-electron chi connectivity index (χ3n) is 3.44. The Bertz CT molecular complexity index is 720. The zero-order chi connectivity index (χ0) is 16.3. The summed E-state index contributed by atoms with van der Waals surface area (Å²) in [5.41, 5.74) is 2.28. The molecule has 0 radical (unpaired) electrons. The van der Waals surface area contributed by atoms with Crippen LogP contribution in [0.4, 0.5) is 4.39 Å². The number of hydrogen-bond acceptors (Lipinski definition) is 3. The number of carbonyl (C=O) groups excluding carboxylic acids is 1. The Morgan fingerprint density at radius 3 is 2.27 bits per heavy atom. The number of carboxylic acid groups (broad SMARTS) is 1. The molecule has 2 rings (SSSR count). The van der Waals surface area contributed by atoms with Crippen molar-refractivity contribution in [1.82, 2.24) is 0 Å². The first kappa shape index (κ1) is 15.7. The largest absolute Gasteiger partial charge is 0.482 e. The number of aliphatic carboxylic acids is 1. The van der Waals surface area contributed by atoms with E-state index in [-0.39, 0.29) is 5.78 Å². The topological polar surface area (TPSA) is 63.6 Å². The fourth-order valence-electron chi connectivity index (χ4n) is 2.09. The lowest BCUT2D eigenvalue weighted by Gasteiger charge is -2.13. The molecule has 0 aliphatic carbocycles. The van der Waals surface area contributed by atoms with Gasteiger partial charge in [-0.25, -0.2) is 9.18 Å². The van der Waals surface area contributed by atoms with E-state index < -0.39 is 18.4 Å². The van der Waals surface area contributed by atoms with Crippen LogP contribution in [0.25, 0.3) is 0 Å². The van der Waals surface area contributed by atoms with Gasteiger partial charge in [-0.15, -0.1) is 0 Å². The third-order valence-corrected chi connectivity index (χ3v) is 3.44. The molecule has 0 aliphatic heterocycles. The van der Waals surface area contributed by atoms with Crippen molar-refractivity contribution in [2.45, 2.75) is 13.8 Å². The lowest BCUT2D eigenvalue weighted by Crippen LogP contribution is -2.11. The first-order valence-electron chi connectivity index (χ1n) is 6.65. The van der Waals surface area contributed by atoms with Crippen LogP contribution < -0.4 is 4.74 Å². The van der Waals surface area contributed by atoms with Gasteiger partial charge in [-0.2, -0.15) is 0 Å². The number of carboxylic acids is 1. The summed E-state index contributed by atoms with van der Waals surface area (Å²) >= 11 is 0. The highest BCUT2D eigenvalue weighted by molar-refractivity contribution is 6.10. The molecule has 0 aromatic heterocycles. The highest BCUT2D eigenvalue weighted by Crippen LogP contribution is 2.26. The second kappa shape index (κ2) is 6.39. The number of hydrogen-bond donors (Lipinski definition) is 1. The van der Waals surface area contributed by atoms with Crippen molar-refractivity contribution in [3.8, 4) is 5.75 Å². The molecule has 0 aliphatic rings. The minimum Gasteiger partial charge on any atom is -0.482 e. The van der Waals surface area contributed by atoms with Crippen LogP contribution in [0.5, 0.6) is 5.75 Å². The van der Waals surface area contributed by atoms with Crippen LogP contribution in [0.2, 0.25) is 0 Å². The zero-order valence-electron chi connectivity index (χ0n) is 12.2. The van der Waals surface area contributed by atoms with Gasteiger partial charge in [0.1, 0.15) is 11.6 Å². The van der Waals surface area contributed by atoms with E-state index in [1.807, 2.05) is 0 Å². The molecular formula is C17H15FO4. The Kier molecular flexibility index (Phi) is 4.56. The van der Waals surface area contributed by atoms with Crippen molar-refractivity contribution in [2.24, 2.45) is 0 Å². The summed E-state index contributed by atoms with van der Waals surface area (Å²) in [6.45, 7) is 3.08. The Morgan fingerprint density at radius 2 is 1.68 bits per heavy atom. The molecule has 0 saturated carbocycles. The minimum atomic E-state index is -1.07. The van der Waals surface area contributed by atoms with Crippen LogP contribution in [-0.4, -0.2) is 23.5 Å². The van der Waals surface area contributed by atoms with Gasteiger partial charge in [0.25, 0.3) is 0 Å². The highest BCUT2D eigenvalue weighted by Gasteiger charge is 2.15. The number of ether oxygens (including phenoxy) is 1. The van der Waals surface area contributed by atoms with Crippen LogP contribution >= 0.6 is 0 Å². The third kappa shape index (κ3) is 3.31. The van der Waals surface area contributed by atoms with Crippen molar-refractivity contribution >= 4 is 11.8 Å². The van der Waals surface area contributed by atoms with Crippen LogP contribution in [0.15, 0.2) is 36.4 Å². The maximum Gasteiger partial charge on any atom is 0.341 e. The van der Waals surface area contributed by atoms with Crippen molar-refractivity contribution in [3.63, 3.8) is 0 Å². The average molecular weight is 302 g/mol. The van der Waals surface area contributed by atoms with Gasteiger partial charge in [0.15, 0.2) is 12.4 Å². The number of ketones is 1. The Labute approximate surface area is 127 Å². The molecule has 0 fully saturated rings. The van der Waals surface area contributed by atoms with Crippen molar-refractivity contribution in [2.75, 3.05) is 6.61 Å². The monoisotopic (exact) mass is 302 g/mol. The summed E-state index contributed by atoms with van der Waals surface area (Å²) in [5, 5.41) is 8.64. The molecule has 0 unspecified atom stereocenters. The van der Waals surface area contributed by atoms with E-state index in [2.05, 4.69) is 0 Å². The average Bonchev–Trinajstić information content (AvgIpc) is 2.49. The second-order valence-electron chi connectivity index (χ2n) is 4.88. The van der Waals surface area contributed by atoms with Gasteiger partial charge in [0.05, 0.1) is 0 Å². The summed E-state index contributed by atoms with van der Waals surface area (Å²) in [4.78, 5) is 23.0. The molecule has 0 bridgehead atoms. The van der Waals surface area contributed by atoms with Crippen molar-refractivity contribution in [1.29, 1.82) is 0 Å². The maximum atomic E-state index is 12.9. The molecule has 0 saturated heterocycles. The van der Waals surface area contributed by atoms with Crippen molar-refractivity contribution < 1.29 is 23.8 Å². The molecule has 0 amide bonds. The SMILES string of the molecule is Cc1c(OCC(=O)O)ccc(C(=O)c2ccc(F)cc2)c1C. The van der Waals surface area contributed by atoms with Gasteiger partial charge < -0.3 is 9.84 Å². The normalized spacial score (nSPS) is 10.3. The van der Waals surface area contributed by atoms with E-state index in [1.54, 1.807) is 26.0 Å². The van der Waals surface area contributed by atoms with E-state index in [4.69, 9.17) is 9.84 Å². The molecule has 0 heterocycles. The fourth-order valence-corrected chi connectivity index (χ4v) is 2.09. The van der Waals surface area contributed by atoms with Crippen LogP contribution in [0.3, 0.4) is 0 Å². The Morgan fingerprint density at radius 1 is 1.05 bits per heavy atom. The first-order chi connectivity index (χ1) is 10.4. The number of halogens is 1. The fraction of sp³-hybridized carbons (Fsp3) is 0.176. The summed E-state index contributed by atoms with van der Waals surface area (Å²) in [6, 6.07) is 8.50. The van der Waals surface area contributed by atoms with E-state index >= 15 is 0 Å². The second-order valence-corrected chi connectivity index (χ2v) is 4.88. The van der Waals surface area contributed by atoms with Crippen LogP contribution in [-0.2, 0) is 4.79 Å². The smallest absolute Gasteiger partial charge is 0.341 e. The summed E-state index contributed by atoms with van der Waals surface area (Å²) in [5.74, 6) is -1.26. The predicted octanol–water partition coefficient (Wildman–Crippen LogP) is 3.14. The molecule has 2 aromatic rings. The molecule has 2 aromatic carbocycles. The molecule has 4 nitrogen and oxygen atoms in total. The molecule has 5 heteroatoms. The first-order valence-corrected chi connectivity index (χ1v) is 6.65. The standard InChI is InChI=1S/C17H15FO4/c1-10-11(2)15(22-9-16(19)20)8-7-14(10)17(21)12-3-5-13(18)6-4-12/h3-8H,9H2,1-2H3,(H,19,20). The van der Waals surface area contributed by atoms with Crippen LogP contribution in [0.1, 0.15) is 27.0 Å². The van der Waals surface area contributed by atoms with Gasteiger partial charge >= 0.3 is 5.97 Å². The van der Waals surface area contributed by atoms with E-state index in [0.717, 1.165) is 0 Å². The Balaban J connectivity index is 2.32. The van der Waals surface area contributed by atoms with Gasteiger partial charge in [-0.1, -0.05) is 0 Å². The lowest BCUT2D eigenvalue weighted by molar-refractivity contribution is -0.139. The van der Waals surface area contributed by atoms with Gasteiger partial charge in [-0.3, -0.25) is 4.79 Å². The maximum absolute atomic E-state index is 12.9.